The van der Waals surface area contributed by atoms with Crippen LogP contribution in [0.3, 0.4) is 0 Å². The minimum absolute atomic E-state index is 0.0368. The average molecular weight is 492 g/mol. The van der Waals surface area contributed by atoms with E-state index in [-0.39, 0.29) is 29.2 Å². The summed E-state index contributed by atoms with van der Waals surface area (Å²) in [5.41, 5.74) is 2.03. The molecule has 0 amide bonds. The zero-order chi connectivity index (χ0) is 25.2. The molecule has 1 aliphatic heterocycles. The Morgan fingerprint density at radius 2 is 1.78 bits per heavy atom. The van der Waals surface area contributed by atoms with E-state index in [1.54, 1.807) is 41.2 Å². The number of ether oxygens (including phenoxy) is 1. The molecular formula is C27H27F2N5O2. The van der Waals surface area contributed by atoms with Crippen LogP contribution in [0.5, 0.6) is 11.8 Å². The van der Waals surface area contributed by atoms with Crippen molar-refractivity contribution in [3.05, 3.63) is 82.8 Å². The number of piperidine rings is 1. The lowest BCUT2D eigenvalue weighted by Crippen LogP contribution is -2.35. The van der Waals surface area contributed by atoms with Gasteiger partial charge in [0.05, 0.1) is 23.0 Å². The van der Waals surface area contributed by atoms with Crippen LogP contribution in [0.2, 0.25) is 0 Å². The van der Waals surface area contributed by atoms with Gasteiger partial charge in [0.1, 0.15) is 17.4 Å². The van der Waals surface area contributed by atoms with E-state index < -0.39 is 5.82 Å². The van der Waals surface area contributed by atoms with E-state index in [9.17, 15) is 13.6 Å². The Kier molecular flexibility index (Phi) is 6.65. The fourth-order valence-electron chi connectivity index (χ4n) is 4.76. The largest absolute Gasteiger partial charge is 0.424 e. The number of hydrogen-bond donors (Lipinski definition) is 0. The number of nitrogens with zero attached hydrogens (tertiary/aromatic N) is 5. The topological polar surface area (TPSA) is 65.2 Å². The van der Waals surface area contributed by atoms with Crippen molar-refractivity contribution >= 4 is 0 Å². The van der Waals surface area contributed by atoms with Crippen molar-refractivity contribution in [1.82, 2.24) is 24.2 Å². The number of rotatable bonds is 6. The van der Waals surface area contributed by atoms with Gasteiger partial charge < -0.3 is 9.64 Å². The van der Waals surface area contributed by atoms with Crippen LogP contribution in [0, 0.1) is 11.6 Å². The number of halogens is 2. The predicted octanol–water partition coefficient (Wildman–Crippen LogP) is 5.13. The Balaban J connectivity index is 1.68. The van der Waals surface area contributed by atoms with E-state index in [0.717, 1.165) is 25.9 Å². The second kappa shape index (κ2) is 10.0. The Labute approximate surface area is 207 Å². The molecule has 0 saturated carbocycles. The zero-order valence-electron chi connectivity index (χ0n) is 20.2. The van der Waals surface area contributed by atoms with Crippen molar-refractivity contribution < 1.29 is 13.5 Å². The first-order valence-electron chi connectivity index (χ1n) is 12.0. The summed E-state index contributed by atoms with van der Waals surface area (Å²) in [7, 11) is 2.09. The average Bonchev–Trinajstić information content (AvgIpc) is 3.17. The van der Waals surface area contributed by atoms with E-state index in [1.807, 2.05) is 11.6 Å². The Morgan fingerprint density at radius 1 is 1.03 bits per heavy atom. The SMILES string of the molecule is CCn1c(=O)c(-c2ccc(F)cc2)c(-c2ccnc(Oc3cccc(F)c3)n2)n1C1CCN(C)CC1. The molecule has 0 unspecified atom stereocenters. The van der Waals surface area contributed by atoms with Gasteiger partial charge in [0.25, 0.3) is 5.56 Å². The summed E-state index contributed by atoms with van der Waals surface area (Å²) in [6.07, 6.45) is 3.30. The van der Waals surface area contributed by atoms with Crippen molar-refractivity contribution in [1.29, 1.82) is 0 Å². The van der Waals surface area contributed by atoms with Crippen molar-refractivity contribution in [2.75, 3.05) is 20.1 Å². The van der Waals surface area contributed by atoms with Crippen LogP contribution < -0.4 is 10.3 Å². The number of hydrogen-bond acceptors (Lipinski definition) is 5. The summed E-state index contributed by atoms with van der Waals surface area (Å²) in [4.78, 5) is 24.8. The minimum atomic E-state index is -0.432. The molecule has 0 spiro atoms. The molecule has 5 rings (SSSR count). The lowest BCUT2D eigenvalue weighted by molar-refractivity contribution is 0.199. The highest BCUT2D eigenvalue weighted by Crippen LogP contribution is 2.35. The molecule has 9 heteroatoms. The lowest BCUT2D eigenvalue weighted by Gasteiger charge is -2.32. The minimum Gasteiger partial charge on any atom is -0.424 e. The quantitative estimate of drug-likeness (QED) is 0.374. The monoisotopic (exact) mass is 491 g/mol. The van der Waals surface area contributed by atoms with Gasteiger partial charge in [0.2, 0.25) is 0 Å². The molecule has 0 aliphatic carbocycles. The molecule has 0 N–H and O–H groups in total. The van der Waals surface area contributed by atoms with Crippen molar-refractivity contribution in [3.63, 3.8) is 0 Å². The molecule has 4 aromatic rings. The molecule has 2 aromatic heterocycles. The summed E-state index contributed by atoms with van der Waals surface area (Å²) in [6.45, 7) is 4.22. The standard InChI is InChI=1S/C27H27F2N5O2/c1-3-33-26(35)24(18-7-9-19(28)10-8-18)25(34(33)21-12-15-32(2)16-13-21)23-11-14-30-27(31-23)36-22-6-4-5-20(29)17-22/h4-11,14,17,21H,3,12-13,15-16H2,1-2H3. The van der Waals surface area contributed by atoms with Gasteiger partial charge in [0, 0.05) is 18.8 Å². The first-order valence-corrected chi connectivity index (χ1v) is 12.0. The molecular weight excluding hydrogens is 464 g/mol. The molecule has 0 radical (unpaired) electrons. The van der Waals surface area contributed by atoms with E-state index in [0.29, 0.717) is 29.1 Å². The number of likely N-dealkylation sites (tertiary alicyclic amines) is 1. The molecule has 1 saturated heterocycles. The summed E-state index contributed by atoms with van der Waals surface area (Å²) in [6, 6.07) is 13.5. The van der Waals surface area contributed by atoms with E-state index in [2.05, 4.69) is 21.9 Å². The third-order valence-electron chi connectivity index (χ3n) is 6.52. The van der Waals surface area contributed by atoms with Crippen LogP contribution in [0.1, 0.15) is 25.8 Å². The van der Waals surface area contributed by atoms with Crippen molar-refractivity contribution in [2.45, 2.75) is 32.4 Å². The van der Waals surface area contributed by atoms with E-state index in [4.69, 9.17) is 4.74 Å². The predicted molar refractivity (Wildman–Crippen MR) is 133 cm³/mol. The Hall–Kier alpha value is -3.85. The van der Waals surface area contributed by atoms with Crippen molar-refractivity contribution in [3.8, 4) is 34.3 Å². The molecule has 0 bridgehead atoms. The van der Waals surface area contributed by atoms with Gasteiger partial charge >= 0.3 is 6.01 Å². The summed E-state index contributed by atoms with van der Waals surface area (Å²) >= 11 is 0. The smallest absolute Gasteiger partial charge is 0.322 e. The van der Waals surface area contributed by atoms with Gasteiger partial charge in [-0.25, -0.2) is 18.4 Å². The lowest BCUT2D eigenvalue weighted by atomic mass is 10.0. The van der Waals surface area contributed by atoms with Gasteiger partial charge in [-0.05, 0) is 75.8 Å². The fourth-order valence-corrected chi connectivity index (χ4v) is 4.76. The second-order valence-electron chi connectivity index (χ2n) is 8.91. The molecule has 2 aromatic carbocycles. The van der Waals surface area contributed by atoms with E-state index >= 15 is 0 Å². The molecule has 1 fully saturated rings. The van der Waals surface area contributed by atoms with Gasteiger partial charge in [-0.15, -0.1) is 0 Å². The summed E-state index contributed by atoms with van der Waals surface area (Å²) in [5, 5.41) is 0. The number of benzene rings is 2. The molecule has 3 heterocycles. The normalized spacial score (nSPS) is 14.8. The Bertz CT molecular complexity index is 1420. The third-order valence-corrected chi connectivity index (χ3v) is 6.52. The van der Waals surface area contributed by atoms with Crippen molar-refractivity contribution in [2.24, 2.45) is 0 Å². The zero-order valence-corrected chi connectivity index (χ0v) is 20.2. The summed E-state index contributed by atoms with van der Waals surface area (Å²) in [5.74, 6) is -0.540. The van der Waals surface area contributed by atoms with E-state index in [1.165, 1.54) is 24.3 Å². The van der Waals surface area contributed by atoms with Crippen LogP contribution >= 0.6 is 0 Å². The highest BCUT2D eigenvalue weighted by Gasteiger charge is 2.29. The molecule has 36 heavy (non-hydrogen) atoms. The van der Waals surface area contributed by atoms with Crippen LogP contribution in [-0.4, -0.2) is 44.4 Å². The maximum Gasteiger partial charge on any atom is 0.322 e. The maximum absolute atomic E-state index is 13.7. The molecule has 7 nitrogen and oxygen atoms in total. The Morgan fingerprint density at radius 3 is 2.47 bits per heavy atom. The molecule has 1 aliphatic rings. The summed E-state index contributed by atoms with van der Waals surface area (Å²) < 4.78 is 36.9. The highest BCUT2D eigenvalue weighted by atomic mass is 19.1. The van der Waals surface area contributed by atoms with Gasteiger partial charge in [-0.1, -0.05) is 18.2 Å². The first kappa shape index (κ1) is 23.9. The maximum atomic E-state index is 13.7. The van der Waals surface area contributed by atoms with Gasteiger partial charge in [-0.3, -0.25) is 9.48 Å². The second-order valence-corrected chi connectivity index (χ2v) is 8.91. The van der Waals surface area contributed by atoms with Crippen LogP contribution in [0.4, 0.5) is 8.78 Å². The van der Waals surface area contributed by atoms with Gasteiger partial charge in [-0.2, -0.15) is 4.98 Å². The van der Waals surface area contributed by atoms with Crippen LogP contribution in [0.15, 0.2) is 65.6 Å². The first-order chi connectivity index (χ1) is 17.4. The van der Waals surface area contributed by atoms with Crippen LogP contribution in [-0.2, 0) is 6.54 Å². The van der Waals surface area contributed by atoms with Gasteiger partial charge in [0.15, 0.2) is 0 Å². The molecule has 186 valence electrons. The fraction of sp³-hybridized carbons (Fsp3) is 0.296. The third kappa shape index (κ3) is 4.66. The molecule has 0 atom stereocenters. The highest BCUT2D eigenvalue weighted by molar-refractivity contribution is 5.79. The number of aromatic nitrogens is 4. The van der Waals surface area contributed by atoms with Crippen LogP contribution in [0.25, 0.3) is 22.5 Å².